The van der Waals surface area contributed by atoms with Gasteiger partial charge in [-0.1, -0.05) is 6.58 Å². The SMILES string of the molecule is C=CC(=O)NC1CCCN(c2cc(Nc3ccc(N4CCN(C)CC4)cn3)c3c(=O)[nH]ccc3c2)C1. The normalized spacial score (nSPS) is 18.8. The van der Waals surface area contributed by atoms with Crippen LogP contribution in [0.3, 0.4) is 0 Å². The van der Waals surface area contributed by atoms with Gasteiger partial charge in [0, 0.05) is 57.2 Å². The van der Waals surface area contributed by atoms with Crippen LogP contribution < -0.4 is 26.0 Å². The number of H-pyrrole nitrogens is 1. The lowest BCUT2D eigenvalue weighted by molar-refractivity contribution is -0.117. The molecule has 0 radical (unpaired) electrons. The summed E-state index contributed by atoms with van der Waals surface area (Å²) in [5.74, 6) is 0.532. The molecule has 0 bridgehead atoms. The minimum absolute atomic E-state index is 0.0549. The van der Waals surface area contributed by atoms with E-state index in [4.69, 9.17) is 0 Å². The van der Waals surface area contributed by atoms with Crippen molar-refractivity contribution < 1.29 is 4.79 Å². The van der Waals surface area contributed by atoms with Gasteiger partial charge in [0.15, 0.2) is 0 Å². The maximum Gasteiger partial charge on any atom is 0.257 e. The molecule has 36 heavy (non-hydrogen) atoms. The van der Waals surface area contributed by atoms with Crippen molar-refractivity contribution in [2.24, 2.45) is 0 Å². The number of piperidine rings is 1. The first-order valence-corrected chi connectivity index (χ1v) is 12.5. The summed E-state index contributed by atoms with van der Waals surface area (Å²) in [6, 6.07) is 10.1. The number of hydrogen-bond donors (Lipinski definition) is 3. The molecule has 0 aliphatic carbocycles. The molecule has 0 spiro atoms. The highest BCUT2D eigenvalue weighted by molar-refractivity contribution is 5.97. The minimum Gasteiger partial charge on any atom is -0.369 e. The van der Waals surface area contributed by atoms with Gasteiger partial charge in [-0.2, -0.15) is 0 Å². The summed E-state index contributed by atoms with van der Waals surface area (Å²) in [5.41, 5.74) is 2.67. The van der Waals surface area contributed by atoms with Crippen molar-refractivity contribution in [3.8, 4) is 0 Å². The Morgan fingerprint density at radius 2 is 1.94 bits per heavy atom. The zero-order valence-electron chi connectivity index (χ0n) is 20.7. The Labute approximate surface area is 210 Å². The number of fused-ring (bicyclic) bond motifs is 1. The highest BCUT2D eigenvalue weighted by Crippen LogP contribution is 2.31. The highest BCUT2D eigenvalue weighted by atomic mass is 16.1. The van der Waals surface area contributed by atoms with E-state index in [0.717, 1.165) is 62.3 Å². The standard InChI is InChI=1S/C27H33N7O2/c1-3-25(35)30-20-5-4-10-34(18-20)22-15-19-8-9-28-27(36)26(19)23(16-22)31-24-7-6-21(17-29-24)33-13-11-32(2)12-14-33/h3,6-9,15-17,20H,1,4-5,10-14,18H2,2H3,(H,28,36)(H,29,31)(H,30,35). The van der Waals surface area contributed by atoms with Gasteiger partial charge in [-0.3, -0.25) is 9.59 Å². The Balaban J connectivity index is 1.41. The van der Waals surface area contributed by atoms with Crippen molar-refractivity contribution in [3.05, 3.63) is 65.7 Å². The van der Waals surface area contributed by atoms with Crippen molar-refractivity contribution >= 4 is 39.6 Å². The third-order valence-electron chi connectivity index (χ3n) is 7.06. The highest BCUT2D eigenvalue weighted by Gasteiger charge is 2.22. The van der Waals surface area contributed by atoms with Gasteiger partial charge in [0.2, 0.25) is 5.91 Å². The first-order valence-electron chi connectivity index (χ1n) is 12.5. The number of rotatable bonds is 6. The lowest BCUT2D eigenvalue weighted by Gasteiger charge is -2.35. The molecule has 0 saturated carbocycles. The number of piperazine rings is 1. The third-order valence-corrected chi connectivity index (χ3v) is 7.06. The van der Waals surface area contributed by atoms with Crippen LogP contribution in [0.25, 0.3) is 10.8 Å². The monoisotopic (exact) mass is 487 g/mol. The molecule has 2 saturated heterocycles. The third kappa shape index (κ3) is 5.21. The summed E-state index contributed by atoms with van der Waals surface area (Å²) in [6.07, 6.45) is 6.77. The summed E-state index contributed by atoms with van der Waals surface area (Å²) in [7, 11) is 2.14. The van der Waals surface area contributed by atoms with Gasteiger partial charge in [-0.25, -0.2) is 4.98 Å². The van der Waals surface area contributed by atoms with Gasteiger partial charge < -0.3 is 30.3 Å². The van der Waals surface area contributed by atoms with Crippen molar-refractivity contribution in [3.63, 3.8) is 0 Å². The molecule has 3 N–H and O–H groups in total. The fraction of sp³-hybridized carbons (Fsp3) is 0.370. The van der Waals surface area contributed by atoms with Gasteiger partial charge in [0.25, 0.3) is 5.56 Å². The topological polar surface area (TPSA) is 96.6 Å². The number of amides is 1. The lowest BCUT2D eigenvalue weighted by Crippen LogP contribution is -2.47. The first kappa shape index (κ1) is 23.9. The van der Waals surface area contributed by atoms with Crippen molar-refractivity contribution in [2.75, 3.05) is 61.4 Å². The second kappa shape index (κ2) is 10.4. The molecule has 9 nitrogen and oxygen atoms in total. The predicted octanol–water partition coefficient (Wildman–Crippen LogP) is 2.69. The zero-order valence-corrected chi connectivity index (χ0v) is 20.7. The summed E-state index contributed by atoms with van der Waals surface area (Å²) >= 11 is 0. The van der Waals surface area contributed by atoms with Crippen molar-refractivity contribution in [1.82, 2.24) is 20.2 Å². The largest absolute Gasteiger partial charge is 0.369 e. The van der Waals surface area contributed by atoms with Crippen LogP contribution in [0.4, 0.5) is 22.9 Å². The molecule has 2 fully saturated rings. The number of pyridine rings is 2. The fourth-order valence-corrected chi connectivity index (χ4v) is 5.03. The number of benzene rings is 1. The van der Waals surface area contributed by atoms with E-state index < -0.39 is 0 Å². The number of likely N-dealkylation sites (N-methyl/N-ethyl adjacent to an activating group) is 1. The van der Waals surface area contributed by atoms with Crippen molar-refractivity contribution in [1.29, 1.82) is 0 Å². The number of carbonyl (C=O) groups is 1. The Bertz CT molecular complexity index is 1300. The lowest BCUT2D eigenvalue weighted by atomic mass is 10.0. The molecule has 2 aliphatic rings. The number of carbonyl (C=O) groups excluding carboxylic acids is 1. The number of aromatic amines is 1. The quantitative estimate of drug-likeness (QED) is 0.460. The van der Waals surface area contributed by atoms with Gasteiger partial charge in [-0.05, 0) is 61.7 Å². The van der Waals surface area contributed by atoms with E-state index in [2.05, 4.69) is 55.0 Å². The number of hydrogen-bond acceptors (Lipinski definition) is 7. The van der Waals surface area contributed by atoms with Crippen LogP contribution in [0, 0.1) is 0 Å². The molecule has 188 valence electrons. The average Bonchev–Trinajstić information content (AvgIpc) is 2.89. The second-order valence-electron chi connectivity index (χ2n) is 9.58. The molecule has 4 heterocycles. The number of anilines is 4. The van der Waals surface area contributed by atoms with Crippen LogP contribution in [-0.2, 0) is 4.79 Å². The molecular formula is C27H33N7O2. The smallest absolute Gasteiger partial charge is 0.257 e. The summed E-state index contributed by atoms with van der Waals surface area (Å²) in [4.78, 5) is 39.0. The molecule has 2 aliphatic heterocycles. The first-order chi connectivity index (χ1) is 17.5. The van der Waals surface area contributed by atoms with E-state index in [9.17, 15) is 9.59 Å². The van der Waals surface area contributed by atoms with Crippen LogP contribution in [0.1, 0.15) is 12.8 Å². The molecule has 5 rings (SSSR count). The van der Waals surface area contributed by atoms with Crippen LogP contribution >= 0.6 is 0 Å². The Morgan fingerprint density at radius 1 is 1.11 bits per heavy atom. The van der Waals surface area contributed by atoms with Crippen LogP contribution in [0.2, 0.25) is 0 Å². The summed E-state index contributed by atoms with van der Waals surface area (Å²) < 4.78 is 0. The number of nitrogens with one attached hydrogen (secondary N) is 3. The fourth-order valence-electron chi connectivity index (χ4n) is 5.03. The molecule has 1 atom stereocenters. The molecular weight excluding hydrogens is 454 g/mol. The predicted molar refractivity (Wildman–Crippen MR) is 145 cm³/mol. The van der Waals surface area contributed by atoms with E-state index in [1.807, 2.05) is 30.5 Å². The zero-order chi connectivity index (χ0) is 25.1. The Morgan fingerprint density at radius 3 is 2.69 bits per heavy atom. The molecule has 1 amide bonds. The van der Waals surface area contributed by atoms with Gasteiger partial charge >= 0.3 is 0 Å². The van der Waals surface area contributed by atoms with E-state index in [-0.39, 0.29) is 17.5 Å². The molecule has 3 aromatic rings. The maximum atomic E-state index is 12.8. The number of nitrogens with zero attached hydrogens (tertiary/aromatic N) is 4. The Hall–Kier alpha value is -3.85. The van der Waals surface area contributed by atoms with Gasteiger partial charge in [0.1, 0.15) is 5.82 Å². The molecule has 1 aromatic carbocycles. The van der Waals surface area contributed by atoms with Crippen LogP contribution in [0.15, 0.2) is 60.2 Å². The van der Waals surface area contributed by atoms with Gasteiger partial charge in [0.05, 0.1) is 23.0 Å². The molecule has 9 heteroatoms. The molecule has 1 unspecified atom stereocenters. The summed E-state index contributed by atoms with van der Waals surface area (Å²) in [6.45, 7) is 9.18. The van der Waals surface area contributed by atoms with E-state index in [1.165, 1.54) is 6.08 Å². The van der Waals surface area contributed by atoms with E-state index >= 15 is 0 Å². The minimum atomic E-state index is -0.152. The van der Waals surface area contributed by atoms with Crippen molar-refractivity contribution in [2.45, 2.75) is 18.9 Å². The summed E-state index contributed by atoms with van der Waals surface area (Å²) in [5, 5.41) is 7.86. The second-order valence-corrected chi connectivity index (χ2v) is 9.58. The van der Waals surface area contributed by atoms with Gasteiger partial charge in [-0.15, -0.1) is 0 Å². The number of aromatic nitrogens is 2. The maximum absolute atomic E-state index is 12.8. The van der Waals surface area contributed by atoms with Crippen LogP contribution in [0.5, 0.6) is 0 Å². The van der Waals surface area contributed by atoms with E-state index in [1.54, 1.807) is 6.20 Å². The Kier molecular flexibility index (Phi) is 6.90. The average molecular weight is 488 g/mol. The van der Waals surface area contributed by atoms with E-state index in [0.29, 0.717) is 23.4 Å². The molecule has 2 aromatic heterocycles. The van der Waals surface area contributed by atoms with Crippen LogP contribution in [-0.4, -0.2) is 73.1 Å².